The molecule has 0 amide bonds. The molecule has 0 fully saturated rings. The second-order valence-electron chi connectivity index (χ2n) is 0.962. The third kappa shape index (κ3) is 2.28. The van der Waals surface area contributed by atoms with Gasteiger partial charge in [-0.05, 0) is 0 Å². The van der Waals surface area contributed by atoms with E-state index in [1.165, 1.54) is 0 Å². The zero-order chi connectivity index (χ0) is 4.99. The Labute approximate surface area is 36.3 Å². The fourth-order valence-corrected chi connectivity index (χ4v) is 0.124. The minimum absolute atomic E-state index is 0.851. The Morgan fingerprint density at radius 2 is 1.67 bits per heavy atom. The predicted molar refractivity (Wildman–Crippen MR) is 21.3 cm³/mol. The van der Waals surface area contributed by atoms with E-state index in [2.05, 4.69) is 0 Å². The summed E-state index contributed by atoms with van der Waals surface area (Å²) >= 11 is 0. The number of hydrogen-bond donors (Lipinski definition) is 1. The highest BCUT2D eigenvalue weighted by Crippen LogP contribution is 1.76. The van der Waals surface area contributed by atoms with Crippen molar-refractivity contribution in [2.24, 2.45) is 0 Å². The monoisotopic (exact) mass is 112 g/mol. The molecule has 0 aromatic heterocycles. The van der Waals surface area contributed by atoms with Crippen LogP contribution in [-0.4, -0.2) is 26.4 Å². The van der Waals surface area contributed by atoms with Gasteiger partial charge in [0.15, 0.2) is 0 Å². The Bertz CT molecular complexity index is 30.7. The predicted octanol–water partition coefficient (Wildman–Crippen LogP) is -0.280. The molecule has 0 aliphatic carbocycles. The highest BCUT2D eigenvalue weighted by atomic mass is 28.3. The lowest BCUT2D eigenvalue weighted by Crippen LogP contribution is -2.17. The van der Waals surface area contributed by atoms with Crippen molar-refractivity contribution in [2.75, 3.05) is 12.6 Å². The first kappa shape index (κ1) is 6.04. The van der Waals surface area contributed by atoms with Gasteiger partial charge in [-0.1, -0.05) is 0 Å². The van der Waals surface area contributed by atoms with Crippen LogP contribution in [0.5, 0.6) is 0 Å². The first-order valence-electron chi connectivity index (χ1n) is 1.61. The molecule has 38 valence electrons. The van der Waals surface area contributed by atoms with Crippen molar-refractivity contribution < 1.29 is 13.6 Å². The Morgan fingerprint density at radius 1 is 1.33 bits per heavy atom. The SMILES string of the molecule is O[SiH](CF)CF. The quantitative estimate of drug-likeness (QED) is 0.487. The third-order valence-corrected chi connectivity index (χ3v) is 1.07. The van der Waals surface area contributed by atoms with Crippen molar-refractivity contribution >= 4 is 9.04 Å². The molecule has 0 radical (unpaired) electrons. The Kier molecular flexibility index (Phi) is 3.26. The minimum atomic E-state index is -2.49. The Balaban J connectivity index is 2.75. The molecule has 0 saturated heterocycles. The fraction of sp³-hybridized carbons (Fsp3) is 1.00. The van der Waals surface area contributed by atoms with Crippen LogP contribution in [0.4, 0.5) is 8.78 Å². The van der Waals surface area contributed by atoms with Crippen LogP contribution in [0.1, 0.15) is 0 Å². The highest BCUT2D eigenvalue weighted by molar-refractivity contribution is 6.49. The van der Waals surface area contributed by atoms with Crippen LogP contribution < -0.4 is 0 Å². The van der Waals surface area contributed by atoms with Crippen LogP contribution in [0, 0.1) is 0 Å². The molecule has 0 saturated carbocycles. The Hall–Kier alpha value is 0.0369. The van der Waals surface area contributed by atoms with Crippen LogP contribution in [0.25, 0.3) is 0 Å². The molecule has 0 atom stereocenters. The van der Waals surface area contributed by atoms with Crippen molar-refractivity contribution in [2.45, 2.75) is 0 Å². The zero-order valence-electron chi connectivity index (χ0n) is 3.19. The average molecular weight is 112 g/mol. The number of hydrogen-bond acceptors (Lipinski definition) is 1. The molecule has 4 heteroatoms. The standard InChI is InChI=1S/C2H6F2OSi/c3-1-6(5)2-4/h5-6H,1-2H2. The summed E-state index contributed by atoms with van der Waals surface area (Å²) in [5.41, 5.74) is 0. The molecule has 0 spiro atoms. The van der Waals surface area contributed by atoms with Crippen LogP contribution >= 0.6 is 0 Å². The normalized spacial score (nSPS) is 10.0. The van der Waals surface area contributed by atoms with Crippen molar-refractivity contribution in [3.05, 3.63) is 0 Å². The van der Waals surface area contributed by atoms with Gasteiger partial charge in [0.25, 0.3) is 0 Å². The van der Waals surface area contributed by atoms with Gasteiger partial charge in [0.1, 0.15) is 12.6 Å². The fourth-order valence-electron chi connectivity index (χ4n) is 0.0412. The summed E-state index contributed by atoms with van der Waals surface area (Å²) in [4.78, 5) is 8.06. The second-order valence-corrected chi connectivity index (χ2v) is 2.89. The summed E-state index contributed by atoms with van der Waals surface area (Å²) < 4.78 is 21.9. The topological polar surface area (TPSA) is 20.2 Å². The zero-order valence-corrected chi connectivity index (χ0v) is 4.35. The average Bonchev–Trinajstić information content (AvgIpc) is 1.65. The summed E-state index contributed by atoms with van der Waals surface area (Å²) in [5.74, 6) is 0. The molecular formula is C2H6F2OSi. The van der Waals surface area contributed by atoms with E-state index in [-0.39, 0.29) is 0 Å². The first-order chi connectivity index (χ1) is 2.81. The molecule has 0 aromatic rings. The van der Waals surface area contributed by atoms with E-state index in [0.717, 1.165) is 0 Å². The van der Waals surface area contributed by atoms with E-state index in [9.17, 15) is 8.78 Å². The maximum Gasteiger partial charge on any atom is 0.234 e. The first-order valence-corrected chi connectivity index (χ1v) is 3.76. The van der Waals surface area contributed by atoms with Gasteiger partial charge in [0.2, 0.25) is 9.04 Å². The van der Waals surface area contributed by atoms with Gasteiger partial charge in [-0.15, -0.1) is 0 Å². The maximum atomic E-state index is 11.0. The highest BCUT2D eigenvalue weighted by Gasteiger charge is 2.01. The van der Waals surface area contributed by atoms with Crippen LogP contribution in [0.3, 0.4) is 0 Å². The van der Waals surface area contributed by atoms with E-state index >= 15 is 0 Å². The number of halogens is 2. The minimum Gasteiger partial charge on any atom is -0.429 e. The smallest absolute Gasteiger partial charge is 0.234 e. The van der Waals surface area contributed by atoms with Crippen molar-refractivity contribution in [3.8, 4) is 0 Å². The molecule has 0 heterocycles. The molecule has 1 N–H and O–H groups in total. The summed E-state index contributed by atoms with van der Waals surface area (Å²) in [6.45, 7) is 0. The molecule has 0 rings (SSSR count). The molecule has 0 aliphatic rings. The van der Waals surface area contributed by atoms with Gasteiger partial charge in [0, 0.05) is 0 Å². The summed E-state index contributed by atoms with van der Waals surface area (Å²) in [5, 5.41) is 0. The van der Waals surface area contributed by atoms with Crippen molar-refractivity contribution in [3.63, 3.8) is 0 Å². The van der Waals surface area contributed by atoms with E-state index in [0.29, 0.717) is 0 Å². The van der Waals surface area contributed by atoms with E-state index in [1.54, 1.807) is 0 Å². The van der Waals surface area contributed by atoms with Crippen LogP contribution in [-0.2, 0) is 0 Å². The number of alkyl halides is 2. The van der Waals surface area contributed by atoms with Gasteiger partial charge in [-0.25, -0.2) is 0 Å². The third-order valence-electron chi connectivity index (χ3n) is 0.356. The molecule has 0 aliphatic heterocycles. The summed E-state index contributed by atoms with van der Waals surface area (Å²) in [6.07, 6.45) is -1.70. The largest absolute Gasteiger partial charge is 0.429 e. The summed E-state index contributed by atoms with van der Waals surface area (Å²) in [6, 6.07) is 0. The van der Waals surface area contributed by atoms with Crippen molar-refractivity contribution in [1.29, 1.82) is 0 Å². The van der Waals surface area contributed by atoms with Crippen LogP contribution in [0.15, 0.2) is 0 Å². The summed E-state index contributed by atoms with van der Waals surface area (Å²) in [7, 11) is -2.49. The van der Waals surface area contributed by atoms with Gasteiger partial charge >= 0.3 is 0 Å². The molecular weight excluding hydrogens is 106 g/mol. The molecule has 1 nitrogen and oxygen atoms in total. The van der Waals surface area contributed by atoms with E-state index < -0.39 is 21.6 Å². The van der Waals surface area contributed by atoms with Gasteiger partial charge in [-0.3, -0.25) is 8.78 Å². The second kappa shape index (κ2) is 3.24. The number of rotatable bonds is 2. The van der Waals surface area contributed by atoms with Gasteiger partial charge in [0.05, 0.1) is 0 Å². The lowest BCUT2D eigenvalue weighted by molar-refractivity contribution is 0.454. The van der Waals surface area contributed by atoms with Crippen LogP contribution in [0.2, 0.25) is 0 Å². The van der Waals surface area contributed by atoms with E-state index in [1.807, 2.05) is 0 Å². The Morgan fingerprint density at radius 3 is 1.67 bits per heavy atom. The molecule has 0 aromatic carbocycles. The maximum absolute atomic E-state index is 11.0. The lowest BCUT2D eigenvalue weighted by Gasteiger charge is -1.89. The lowest BCUT2D eigenvalue weighted by atomic mass is 11.7. The van der Waals surface area contributed by atoms with E-state index in [4.69, 9.17) is 4.80 Å². The van der Waals surface area contributed by atoms with Gasteiger partial charge in [-0.2, -0.15) is 0 Å². The molecule has 6 heavy (non-hydrogen) atoms. The molecule has 0 bridgehead atoms. The van der Waals surface area contributed by atoms with Crippen molar-refractivity contribution in [1.82, 2.24) is 0 Å². The molecule has 0 unspecified atom stereocenters. The van der Waals surface area contributed by atoms with Gasteiger partial charge < -0.3 is 4.80 Å².